The Morgan fingerprint density at radius 1 is 1.38 bits per heavy atom. The van der Waals surface area contributed by atoms with Gasteiger partial charge in [-0.25, -0.2) is 0 Å². The molecule has 0 bridgehead atoms. The van der Waals surface area contributed by atoms with Crippen molar-refractivity contribution in [1.82, 2.24) is 14.7 Å². The minimum atomic E-state index is -0.835. The maximum atomic E-state index is 12.5. The summed E-state index contributed by atoms with van der Waals surface area (Å²) < 4.78 is 1.66. The molecule has 1 N–H and O–H groups in total. The van der Waals surface area contributed by atoms with Crippen molar-refractivity contribution in [3.8, 4) is 0 Å². The van der Waals surface area contributed by atoms with E-state index in [4.69, 9.17) is 0 Å². The van der Waals surface area contributed by atoms with E-state index in [1.807, 2.05) is 6.20 Å². The Labute approximate surface area is 142 Å². The van der Waals surface area contributed by atoms with Gasteiger partial charge in [0.15, 0.2) is 0 Å². The van der Waals surface area contributed by atoms with E-state index in [1.54, 1.807) is 22.8 Å². The fourth-order valence-corrected chi connectivity index (χ4v) is 3.88. The number of carboxylic acid groups (broad SMARTS) is 1. The van der Waals surface area contributed by atoms with Crippen molar-refractivity contribution >= 4 is 11.9 Å². The van der Waals surface area contributed by atoms with Crippen LogP contribution in [0.2, 0.25) is 0 Å². The van der Waals surface area contributed by atoms with Gasteiger partial charge in [-0.05, 0) is 38.5 Å². The molecule has 0 aromatic carbocycles. The summed E-state index contributed by atoms with van der Waals surface area (Å²) in [5, 5.41) is 13.8. The molecule has 1 aliphatic heterocycles. The number of aromatic nitrogens is 2. The van der Waals surface area contributed by atoms with Crippen LogP contribution in [0.4, 0.5) is 0 Å². The number of aliphatic carboxylic acids is 1. The van der Waals surface area contributed by atoms with Gasteiger partial charge in [0.2, 0.25) is 5.91 Å². The lowest BCUT2D eigenvalue weighted by Gasteiger charge is -2.39. The summed E-state index contributed by atoms with van der Waals surface area (Å²) in [7, 11) is 1.81. The topological polar surface area (TPSA) is 75.4 Å². The molecule has 130 valence electrons. The predicted octanol–water partition coefficient (Wildman–Crippen LogP) is 2.67. The van der Waals surface area contributed by atoms with Crippen molar-refractivity contribution < 1.29 is 14.7 Å². The van der Waals surface area contributed by atoms with Crippen molar-refractivity contribution in [3.63, 3.8) is 0 Å². The number of carbonyl (C=O) groups excluding carboxylic acids is 1. The molecule has 6 heteroatoms. The van der Waals surface area contributed by atoms with Crippen LogP contribution in [0.5, 0.6) is 0 Å². The Hall–Kier alpha value is -2.11. The zero-order valence-corrected chi connectivity index (χ0v) is 14.1. The number of carboxylic acids is 1. The first-order chi connectivity index (χ1) is 11.6. The second kappa shape index (κ2) is 7.20. The number of hydrogen-bond acceptors (Lipinski definition) is 3. The van der Waals surface area contributed by atoms with Gasteiger partial charge < -0.3 is 10.0 Å². The highest BCUT2D eigenvalue weighted by atomic mass is 16.4. The Morgan fingerprint density at radius 2 is 2.21 bits per heavy atom. The Morgan fingerprint density at radius 3 is 2.83 bits per heavy atom. The van der Waals surface area contributed by atoms with Crippen molar-refractivity contribution in [2.75, 3.05) is 6.54 Å². The average Bonchev–Trinajstić information content (AvgIpc) is 3.00. The van der Waals surface area contributed by atoms with Gasteiger partial charge in [-0.1, -0.05) is 11.6 Å². The van der Waals surface area contributed by atoms with Gasteiger partial charge in [0, 0.05) is 31.8 Å². The fourth-order valence-electron chi connectivity index (χ4n) is 3.88. The number of allylic oxidation sites excluding steroid dienone is 1. The third kappa shape index (κ3) is 3.52. The quantitative estimate of drug-likeness (QED) is 0.842. The monoisotopic (exact) mass is 331 g/mol. The molecule has 1 aliphatic carbocycles. The minimum absolute atomic E-state index is 0.0535. The normalized spacial score (nSPS) is 24.8. The van der Waals surface area contributed by atoms with Crippen LogP contribution < -0.4 is 0 Å². The first-order valence-electron chi connectivity index (χ1n) is 8.75. The highest BCUT2D eigenvalue weighted by molar-refractivity contribution is 5.81. The molecule has 0 spiro atoms. The summed E-state index contributed by atoms with van der Waals surface area (Å²) in [5.74, 6) is -1.34. The zero-order valence-electron chi connectivity index (χ0n) is 14.1. The van der Waals surface area contributed by atoms with Gasteiger partial charge in [0.1, 0.15) is 0 Å². The summed E-state index contributed by atoms with van der Waals surface area (Å²) in [6.07, 6.45) is 12.0. The van der Waals surface area contributed by atoms with Crippen molar-refractivity contribution in [3.05, 3.63) is 29.6 Å². The molecule has 1 aromatic rings. The molecule has 0 saturated carbocycles. The fraction of sp³-hybridized carbons (Fsp3) is 0.611. The molecule has 1 amide bonds. The van der Waals surface area contributed by atoms with Crippen LogP contribution in [0.1, 0.15) is 56.6 Å². The Bertz CT molecular complexity index is 650. The molecule has 2 unspecified atom stereocenters. The van der Waals surface area contributed by atoms with Crippen LogP contribution in [-0.4, -0.2) is 38.2 Å². The van der Waals surface area contributed by atoms with Crippen LogP contribution in [0.3, 0.4) is 0 Å². The van der Waals surface area contributed by atoms with Gasteiger partial charge in [-0.2, -0.15) is 5.10 Å². The number of amides is 1. The number of nitrogens with zero attached hydrogens (tertiary/aromatic N) is 3. The number of rotatable bonds is 5. The van der Waals surface area contributed by atoms with Gasteiger partial charge in [-0.15, -0.1) is 0 Å². The van der Waals surface area contributed by atoms with Crippen molar-refractivity contribution in [1.29, 1.82) is 0 Å². The van der Waals surface area contributed by atoms with E-state index in [0.717, 1.165) is 24.8 Å². The summed E-state index contributed by atoms with van der Waals surface area (Å²) in [6.45, 7) is 0.591. The molecular formula is C18H25N3O3. The van der Waals surface area contributed by atoms with Gasteiger partial charge in [0.25, 0.3) is 0 Å². The minimum Gasteiger partial charge on any atom is -0.481 e. The third-order valence-electron chi connectivity index (χ3n) is 5.15. The summed E-state index contributed by atoms with van der Waals surface area (Å²) in [5.41, 5.74) is 2.21. The SMILES string of the molecule is Cn1cc(C2C(C(=O)O)CCC(=O)N2CCC2=CCCCC2)cn1. The largest absolute Gasteiger partial charge is 0.481 e. The van der Waals surface area contributed by atoms with Gasteiger partial charge >= 0.3 is 5.97 Å². The van der Waals surface area contributed by atoms with Crippen LogP contribution in [0.25, 0.3) is 0 Å². The van der Waals surface area contributed by atoms with Crippen molar-refractivity contribution in [2.45, 2.75) is 51.0 Å². The predicted molar refractivity (Wildman–Crippen MR) is 89.2 cm³/mol. The van der Waals surface area contributed by atoms with Crippen LogP contribution in [0, 0.1) is 5.92 Å². The lowest BCUT2D eigenvalue weighted by atomic mass is 9.85. The number of piperidine rings is 1. The van der Waals surface area contributed by atoms with E-state index >= 15 is 0 Å². The lowest BCUT2D eigenvalue weighted by molar-refractivity contribution is -0.152. The number of carbonyl (C=O) groups is 2. The first kappa shape index (κ1) is 16.7. The summed E-state index contributed by atoms with van der Waals surface area (Å²) >= 11 is 0. The van der Waals surface area contributed by atoms with E-state index in [-0.39, 0.29) is 5.91 Å². The molecule has 2 atom stereocenters. The standard InChI is InChI=1S/C18H25N3O3/c1-20-12-14(11-19-20)17-15(18(23)24)7-8-16(22)21(17)10-9-13-5-3-2-4-6-13/h5,11-12,15,17H,2-4,6-10H2,1H3,(H,23,24). The molecule has 24 heavy (non-hydrogen) atoms. The number of hydrogen-bond donors (Lipinski definition) is 1. The molecule has 1 saturated heterocycles. The van der Waals surface area contributed by atoms with Crippen LogP contribution >= 0.6 is 0 Å². The molecule has 2 heterocycles. The third-order valence-corrected chi connectivity index (χ3v) is 5.15. The summed E-state index contributed by atoms with van der Waals surface area (Å²) in [6, 6.07) is -0.415. The first-order valence-corrected chi connectivity index (χ1v) is 8.75. The van der Waals surface area contributed by atoms with E-state index in [9.17, 15) is 14.7 Å². The highest BCUT2D eigenvalue weighted by Gasteiger charge is 2.41. The lowest BCUT2D eigenvalue weighted by Crippen LogP contribution is -2.45. The van der Waals surface area contributed by atoms with E-state index in [1.165, 1.54) is 18.4 Å². The second-order valence-electron chi connectivity index (χ2n) is 6.82. The zero-order chi connectivity index (χ0) is 17.1. The van der Waals surface area contributed by atoms with Crippen LogP contribution in [-0.2, 0) is 16.6 Å². The molecule has 0 radical (unpaired) electrons. The van der Waals surface area contributed by atoms with Gasteiger partial charge in [0.05, 0.1) is 18.2 Å². The number of likely N-dealkylation sites (tertiary alicyclic amines) is 1. The number of aryl methyl sites for hydroxylation is 1. The highest BCUT2D eigenvalue weighted by Crippen LogP contribution is 2.37. The molecule has 1 aromatic heterocycles. The Kier molecular flexibility index (Phi) is 5.02. The molecular weight excluding hydrogens is 306 g/mol. The van der Waals surface area contributed by atoms with Crippen LogP contribution in [0.15, 0.2) is 24.0 Å². The maximum absolute atomic E-state index is 12.5. The molecule has 2 aliphatic rings. The summed E-state index contributed by atoms with van der Waals surface area (Å²) in [4.78, 5) is 26.0. The van der Waals surface area contributed by atoms with Crippen molar-refractivity contribution in [2.24, 2.45) is 13.0 Å². The Balaban J connectivity index is 1.82. The average molecular weight is 331 g/mol. The van der Waals surface area contributed by atoms with E-state index in [2.05, 4.69) is 11.2 Å². The smallest absolute Gasteiger partial charge is 0.308 e. The molecule has 3 rings (SSSR count). The second-order valence-corrected chi connectivity index (χ2v) is 6.82. The maximum Gasteiger partial charge on any atom is 0.308 e. The van der Waals surface area contributed by atoms with E-state index in [0.29, 0.717) is 19.4 Å². The molecule has 6 nitrogen and oxygen atoms in total. The van der Waals surface area contributed by atoms with Gasteiger partial charge in [-0.3, -0.25) is 14.3 Å². The van der Waals surface area contributed by atoms with E-state index < -0.39 is 17.9 Å². The molecule has 1 fully saturated rings.